The molecule has 0 heterocycles. The van der Waals surface area contributed by atoms with Crippen LogP contribution in [-0.2, 0) is 20.8 Å². The Balaban J connectivity index is 2.29. The minimum absolute atomic E-state index is 0.319. The maximum Gasteiger partial charge on any atom is 0.471 e. The van der Waals surface area contributed by atoms with Crippen LogP contribution in [0.1, 0.15) is 45.1 Å². The van der Waals surface area contributed by atoms with Gasteiger partial charge in [0.05, 0.1) is 10.5 Å². The number of benzene rings is 1. The van der Waals surface area contributed by atoms with E-state index in [1.165, 1.54) is 13.8 Å². The summed E-state index contributed by atoms with van der Waals surface area (Å²) in [5.41, 5.74) is 3.26. The predicted octanol–water partition coefficient (Wildman–Crippen LogP) is 4.22. The number of nitrogens with two attached hydrogens (primary N) is 1. The van der Waals surface area contributed by atoms with E-state index in [9.17, 15) is 39.6 Å². The summed E-state index contributed by atoms with van der Waals surface area (Å²) in [5.74, 6) is -2.17. The smallest absolute Gasteiger partial charge is 0.330 e. The summed E-state index contributed by atoms with van der Waals surface area (Å²) in [6.07, 6.45) is -12.5. The molecule has 182 valence electrons. The number of sulfone groups is 1. The summed E-state index contributed by atoms with van der Waals surface area (Å²) < 4.78 is 119. The van der Waals surface area contributed by atoms with E-state index in [0.29, 0.717) is 17.0 Å². The normalized spacial score (nSPS) is 23.1. The first-order chi connectivity index (χ1) is 14.3. The van der Waals surface area contributed by atoms with E-state index in [4.69, 9.17) is 5.73 Å². The molecular formula is C19H23F7N2O3S. The molecule has 1 saturated carbocycles. The minimum atomic E-state index is -5.21. The molecule has 1 aromatic rings. The molecule has 0 saturated heterocycles. The summed E-state index contributed by atoms with van der Waals surface area (Å²) in [6, 6.07) is 1.48. The maximum atomic E-state index is 15.5. The highest BCUT2D eigenvalue weighted by Crippen LogP contribution is 2.43. The fourth-order valence-corrected chi connectivity index (χ4v) is 5.37. The first-order valence-corrected chi connectivity index (χ1v) is 11.0. The van der Waals surface area contributed by atoms with Crippen LogP contribution in [0.25, 0.3) is 0 Å². The molecule has 1 aliphatic carbocycles. The van der Waals surface area contributed by atoms with Gasteiger partial charge < -0.3 is 10.6 Å². The first-order valence-electron chi connectivity index (χ1n) is 9.55. The third-order valence-corrected chi connectivity index (χ3v) is 7.42. The lowest BCUT2D eigenvalue weighted by molar-refractivity contribution is -0.189. The van der Waals surface area contributed by atoms with Crippen LogP contribution in [0, 0.1) is 0 Å². The summed E-state index contributed by atoms with van der Waals surface area (Å²) in [7, 11) is -4.89. The number of nitrogens with zero attached hydrogens (tertiary/aromatic N) is 1. The molecule has 2 rings (SSSR count). The van der Waals surface area contributed by atoms with Crippen molar-refractivity contribution in [3.05, 3.63) is 29.8 Å². The van der Waals surface area contributed by atoms with Crippen molar-refractivity contribution in [2.45, 2.75) is 73.4 Å². The van der Waals surface area contributed by atoms with Crippen LogP contribution in [-0.4, -0.2) is 48.5 Å². The SMILES string of the molecule is CC(C)(N)CN(C(=O)C(F)(F)F)[C@H]1CC[C@@](F)(S(=O)(=O)c2cccc(C(F)(F)F)c2)CC1. The van der Waals surface area contributed by atoms with Gasteiger partial charge in [0.2, 0.25) is 14.8 Å². The molecule has 0 atom stereocenters. The van der Waals surface area contributed by atoms with Gasteiger partial charge in [0.1, 0.15) is 0 Å². The molecule has 1 aliphatic rings. The molecule has 5 nitrogen and oxygen atoms in total. The predicted molar refractivity (Wildman–Crippen MR) is 101 cm³/mol. The Morgan fingerprint density at radius 3 is 2.09 bits per heavy atom. The van der Waals surface area contributed by atoms with Crippen molar-refractivity contribution in [2.24, 2.45) is 5.73 Å². The van der Waals surface area contributed by atoms with Crippen molar-refractivity contribution < 1.29 is 43.9 Å². The molecule has 2 N–H and O–H groups in total. The van der Waals surface area contributed by atoms with Gasteiger partial charge in [-0.1, -0.05) is 6.07 Å². The lowest BCUT2D eigenvalue weighted by Gasteiger charge is -2.41. The zero-order valence-electron chi connectivity index (χ0n) is 17.2. The number of amides is 1. The molecule has 0 aliphatic heterocycles. The Labute approximate surface area is 180 Å². The van der Waals surface area contributed by atoms with Gasteiger partial charge in [-0.25, -0.2) is 12.8 Å². The fourth-order valence-electron chi connectivity index (χ4n) is 3.63. The largest absolute Gasteiger partial charge is 0.471 e. The van der Waals surface area contributed by atoms with Gasteiger partial charge in [0.25, 0.3) is 0 Å². The zero-order chi connectivity index (χ0) is 24.8. The van der Waals surface area contributed by atoms with Crippen molar-refractivity contribution in [3.8, 4) is 0 Å². The first kappa shape index (κ1) is 26.4. The van der Waals surface area contributed by atoms with Gasteiger partial charge >= 0.3 is 18.3 Å². The van der Waals surface area contributed by atoms with Gasteiger partial charge in [-0.3, -0.25) is 4.79 Å². The van der Waals surface area contributed by atoms with E-state index in [1.54, 1.807) is 0 Å². The van der Waals surface area contributed by atoms with Crippen LogP contribution in [0.15, 0.2) is 29.2 Å². The number of halogens is 7. The van der Waals surface area contributed by atoms with Crippen molar-refractivity contribution in [1.82, 2.24) is 4.90 Å². The monoisotopic (exact) mass is 492 g/mol. The second-order valence-electron chi connectivity index (χ2n) is 8.56. The second kappa shape index (κ2) is 8.47. The lowest BCUT2D eigenvalue weighted by atomic mass is 9.91. The molecule has 1 amide bonds. The van der Waals surface area contributed by atoms with E-state index in [0.717, 1.165) is 12.1 Å². The second-order valence-corrected chi connectivity index (χ2v) is 10.8. The summed E-state index contributed by atoms with van der Waals surface area (Å²) in [4.78, 5) is 11.5. The quantitative estimate of drug-likeness (QED) is 0.625. The van der Waals surface area contributed by atoms with Gasteiger partial charge in [-0.05, 0) is 57.7 Å². The molecule has 13 heteroatoms. The fraction of sp³-hybridized carbons (Fsp3) is 0.632. The average Bonchev–Trinajstić information content (AvgIpc) is 2.64. The third kappa shape index (κ3) is 5.72. The molecule has 0 spiro atoms. The van der Waals surface area contributed by atoms with E-state index in [2.05, 4.69) is 0 Å². The highest BCUT2D eigenvalue weighted by Gasteiger charge is 2.52. The molecule has 0 aromatic heterocycles. The van der Waals surface area contributed by atoms with Crippen LogP contribution in [0.4, 0.5) is 30.7 Å². The molecule has 0 unspecified atom stereocenters. The number of carbonyl (C=O) groups excluding carboxylic acids is 1. The van der Waals surface area contributed by atoms with Gasteiger partial charge in [-0.2, -0.15) is 26.3 Å². The van der Waals surface area contributed by atoms with E-state index in [-0.39, 0.29) is 0 Å². The Morgan fingerprint density at radius 1 is 1.12 bits per heavy atom. The summed E-state index contributed by atoms with van der Waals surface area (Å²) in [6.45, 7) is 2.28. The van der Waals surface area contributed by atoms with Crippen molar-refractivity contribution in [3.63, 3.8) is 0 Å². The van der Waals surface area contributed by atoms with E-state index in [1.807, 2.05) is 0 Å². The van der Waals surface area contributed by atoms with Crippen LogP contribution in [0.5, 0.6) is 0 Å². The molecule has 0 radical (unpaired) electrons. The molecule has 1 aromatic carbocycles. The highest BCUT2D eigenvalue weighted by atomic mass is 32.2. The number of hydrogen-bond acceptors (Lipinski definition) is 4. The highest BCUT2D eigenvalue weighted by molar-refractivity contribution is 7.92. The van der Waals surface area contributed by atoms with Crippen LogP contribution in [0.2, 0.25) is 0 Å². The standard InChI is InChI=1S/C19H23F7N2O3S/c1-16(2,27)11-28(15(29)19(24,25)26)13-6-8-17(20,9-7-13)32(30,31)14-5-3-4-12(10-14)18(21,22)23/h3-5,10,13H,6-9,11,27H2,1-2H3/t13-,17+. The number of hydrogen-bond donors (Lipinski definition) is 1. The van der Waals surface area contributed by atoms with E-state index >= 15 is 4.39 Å². The Morgan fingerprint density at radius 2 is 1.66 bits per heavy atom. The van der Waals surface area contributed by atoms with Crippen LogP contribution < -0.4 is 5.73 Å². The van der Waals surface area contributed by atoms with Gasteiger partial charge in [0.15, 0.2) is 0 Å². The molecule has 1 fully saturated rings. The molecular weight excluding hydrogens is 469 g/mol. The third-order valence-electron chi connectivity index (χ3n) is 5.18. The zero-order valence-corrected chi connectivity index (χ0v) is 18.0. The average molecular weight is 492 g/mol. The number of alkyl halides is 7. The van der Waals surface area contributed by atoms with Crippen molar-refractivity contribution >= 4 is 15.7 Å². The van der Waals surface area contributed by atoms with Crippen LogP contribution >= 0.6 is 0 Å². The van der Waals surface area contributed by atoms with Crippen LogP contribution in [0.3, 0.4) is 0 Å². The van der Waals surface area contributed by atoms with Gasteiger partial charge in [0, 0.05) is 18.1 Å². The van der Waals surface area contributed by atoms with Crippen molar-refractivity contribution in [2.75, 3.05) is 6.54 Å². The number of carbonyl (C=O) groups is 1. The summed E-state index contributed by atoms with van der Waals surface area (Å²) in [5, 5.41) is -2.99. The molecule has 0 bridgehead atoms. The van der Waals surface area contributed by atoms with Crippen molar-refractivity contribution in [1.29, 1.82) is 0 Å². The topological polar surface area (TPSA) is 80.5 Å². The minimum Gasteiger partial charge on any atom is -0.330 e. The molecule has 32 heavy (non-hydrogen) atoms. The maximum absolute atomic E-state index is 15.5. The van der Waals surface area contributed by atoms with E-state index < -0.39 is 87.4 Å². The Hall–Kier alpha value is -1.89. The summed E-state index contributed by atoms with van der Waals surface area (Å²) >= 11 is 0. The Bertz CT molecular complexity index is 945. The Kier molecular flexibility index (Phi) is 6.98. The number of rotatable bonds is 5. The lowest BCUT2D eigenvalue weighted by Crippen LogP contribution is -2.56. The van der Waals surface area contributed by atoms with Gasteiger partial charge in [-0.15, -0.1) is 0 Å².